The second kappa shape index (κ2) is 3.47. The number of hydrogen-bond acceptors (Lipinski definition) is 4. The molecule has 1 aliphatic rings. The lowest BCUT2D eigenvalue weighted by Gasteiger charge is -2.15. The normalized spacial score (nSPS) is 24.0. The molecule has 0 unspecified atom stereocenters. The van der Waals surface area contributed by atoms with Gasteiger partial charge in [-0.1, -0.05) is 5.16 Å². The number of aliphatic hydroxyl groups excluding tert-OH is 1. The van der Waals surface area contributed by atoms with Crippen LogP contribution in [0.3, 0.4) is 0 Å². The van der Waals surface area contributed by atoms with Crippen molar-refractivity contribution in [3.63, 3.8) is 0 Å². The molecule has 72 valence electrons. The zero-order valence-electron chi connectivity index (χ0n) is 7.73. The van der Waals surface area contributed by atoms with Crippen molar-refractivity contribution in [3.05, 3.63) is 17.5 Å². The van der Waals surface area contributed by atoms with Crippen LogP contribution in [0.5, 0.6) is 0 Å². The van der Waals surface area contributed by atoms with Gasteiger partial charge in [-0.3, -0.25) is 4.90 Å². The average molecular weight is 182 g/mol. The summed E-state index contributed by atoms with van der Waals surface area (Å²) in [5.74, 6) is 0.879. The van der Waals surface area contributed by atoms with Gasteiger partial charge in [0.2, 0.25) is 0 Å². The summed E-state index contributed by atoms with van der Waals surface area (Å²) in [7, 11) is 2.08. The summed E-state index contributed by atoms with van der Waals surface area (Å²) in [6.45, 7) is 1.07. The van der Waals surface area contributed by atoms with E-state index < -0.39 is 0 Å². The van der Waals surface area contributed by atoms with Crippen molar-refractivity contribution in [2.45, 2.75) is 25.5 Å². The molecule has 0 aromatic carbocycles. The average Bonchev–Trinajstić information content (AvgIpc) is 2.71. The standard InChI is InChI=1S/C9H14N2O2/c1-11-4-2-3-8(11)9-5-7(6-12)10-13-9/h5,8,12H,2-4,6H2,1H3/t8-/m0/s1. The van der Waals surface area contributed by atoms with Crippen molar-refractivity contribution in [3.8, 4) is 0 Å². The fourth-order valence-corrected chi connectivity index (χ4v) is 1.83. The van der Waals surface area contributed by atoms with Gasteiger partial charge in [0.05, 0.1) is 12.6 Å². The highest BCUT2D eigenvalue weighted by Crippen LogP contribution is 2.30. The van der Waals surface area contributed by atoms with E-state index in [1.807, 2.05) is 6.07 Å². The maximum atomic E-state index is 8.82. The molecule has 0 saturated carbocycles. The number of nitrogens with zero attached hydrogens (tertiary/aromatic N) is 2. The highest BCUT2D eigenvalue weighted by atomic mass is 16.5. The third-order valence-electron chi connectivity index (χ3n) is 2.59. The summed E-state index contributed by atoms with van der Waals surface area (Å²) in [6.07, 6.45) is 2.33. The maximum absolute atomic E-state index is 8.82. The Morgan fingerprint density at radius 1 is 1.77 bits per heavy atom. The summed E-state index contributed by atoms with van der Waals surface area (Å²) in [4.78, 5) is 2.25. The number of rotatable bonds is 2. The van der Waals surface area contributed by atoms with E-state index in [1.54, 1.807) is 0 Å². The first kappa shape index (κ1) is 8.72. The minimum absolute atomic E-state index is 0.0417. The highest BCUT2D eigenvalue weighted by molar-refractivity contribution is 5.09. The first-order chi connectivity index (χ1) is 6.31. The van der Waals surface area contributed by atoms with Gasteiger partial charge in [0, 0.05) is 6.07 Å². The molecule has 13 heavy (non-hydrogen) atoms. The second-order valence-electron chi connectivity index (χ2n) is 3.52. The highest BCUT2D eigenvalue weighted by Gasteiger charge is 2.25. The van der Waals surface area contributed by atoms with Gasteiger partial charge < -0.3 is 9.63 Å². The van der Waals surface area contributed by atoms with Crippen LogP contribution in [0.2, 0.25) is 0 Å². The molecule has 1 aromatic heterocycles. The Morgan fingerprint density at radius 2 is 2.62 bits per heavy atom. The lowest BCUT2D eigenvalue weighted by atomic mass is 10.1. The fourth-order valence-electron chi connectivity index (χ4n) is 1.83. The molecule has 4 heteroatoms. The molecule has 2 rings (SSSR count). The minimum Gasteiger partial charge on any atom is -0.390 e. The van der Waals surface area contributed by atoms with Gasteiger partial charge in [0.25, 0.3) is 0 Å². The van der Waals surface area contributed by atoms with Gasteiger partial charge in [-0.25, -0.2) is 0 Å². The molecule has 4 nitrogen and oxygen atoms in total. The van der Waals surface area contributed by atoms with Gasteiger partial charge in [0.1, 0.15) is 5.69 Å². The van der Waals surface area contributed by atoms with Crippen LogP contribution >= 0.6 is 0 Å². The molecule has 1 saturated heterocycles. The molecular formula is C9H14N2O2. The predicted octanol–water partition coefficient (Wildman–Crippen LogP) is 0.934. The monoisotopic (exact) mass is 182 g/mol. The van der Waals surface area contributed by atoms with Gasteiger partial charge >= 0.3 is 0 Å². The number of aromatic nitrogens is 1. The first-order valence-corrected chi connectivity index (χ1v) is 4.58. The second-order valence-corrected chi connectivity index (χ2v) is 3.52. The molecule has 1 aliphatic heterocycles. The van der Waals surface area contributed by atoms with Crippen LogP contribution in [-0.4, -0.2) is 28.8 Å². The molecule has 0 aliphatic carbocycles. The van der Waals surface area contributed by atoms with E-state index in [9.17, 15) is 0 Å². The molecule has 1 atom stereocenters. The van der Waals surface area contributed by atoms with Gasteiger partial charge in [-0.15, -0.1) is 0 Å². The summed E-state index contributed by atoms with van der Waals surface area (Å²) in [5.41, 5.74) is 0.621. The van der Waals surface area contributed by atoms with E-state index in [0.717, 1.165) is 18.7 Å². The van der Waals surface area contributed by atoms with E-state index in [4.69, 9.17) is 9.63 Å². The smallest absolute Gasteiger partial charge is 0.154 e. The Morgan fingerprint density at radius 3 is 3.15 bits per heavy atom. The van der Waals surface area contributed by atoms with Crippen molar-refractivity contribution in [2.75, 3.05) is 13.6 Å². The van der Waals surface area contributed by atoms with E-state index in [1.165, 1.54) is 6.42 Å². The maximum Gasteiger partial charge on any atom is 0.154 e. The van der Waals surface area contributed by atoms with Crippen molar-refractivity contribution in [1.29, 1.82) is 0 Å². The van der Waals surface area contributed by atoms with Crippen LogP contribution in [0.15, 0.2) is 10.6 Å². The molecule has 0 bridgehead atoms. The zero-order valence-corrected chi connectivity index (χ0v) is 7.73. The number of hydrogen-bond donors (Lipinski definition) is 1. The molecule has 0 amide bonds. The summed E-state index contributed by atoms with van der Waals surface area (Å²) >= 11 is 0. The van der Waals surface area contributed by atoms with Gasteiger partial charge in [-0.05, 0) is 26.4 Å². The Kier molecular flexibility index (Phi) is 2.33. The first-order valence-electron chi connectivity index (χ1n) is 4.58. The SMILES string of the molecule is CN1CCC[C@H]1c1cc(CO)no1. The summed E-state index contributed by atoms with van der Waals surface area (Å²) in [5, 5.41) is 12.6. The third kappa shape index (κ3) is 1.59. The van der Waals surface area contributed by atoms with Crippen LogP contribution in [0, 0.1) is 0 Å². The van der Waals surface area contributed by atoms with E-state index in [2.05, 4.69) is 17.1 Å². The summed E-state index contributed by atoms with van der Waals surface area (Å²) < 4.78 is 5.16. The molecule has 0 radical (unpaired) electrons. The van der Waals surface area contributed by atoms with Crippen LogP contribution < -0.4 is 0 Å². The largest absolute Gasteiger partial charge is 0.390 e. The minimum atomic E-state index is -0.0417. The Hall–Kier alpha value is -0.870. The van der Waals surface area contributed by atoms with Crippen LogP contribution in [0.4, 0.5) is 0 Å². The van der Waals surface area contributed by atoms with Crippen LogP contribution in [0.1, 0.15) is 30.3 Å². The fraction of sp³-hybridized carbons (Fsp3) is 0.667. The number of aliphatic hydroxyl groups is 1. The Labute approximate surface area is 77.1 Å². The number of likely N-dealkylation sites (tertiary alicyclic amines) is 1. The van der Waals surface area contributed by atoms with E-state index in [0.29, 0.717) is 11.7 Å². The van der Waals surface area contributed by atoms with Crippen molar-refractivity contribution < 1.29 is 9.63 Å². The van der Waals surface area contributed by atoms with Crippen molar-refractivity contribution >= 4 is 0 Å². The quantitative estimate of drug-likeness (QED) is 0.739. The Bertz CT molecular complexity index is 285. The van der Waals surface area contributed by atoms with Crippen molar-refractivity contribution in [2.24, 2.45) is 0 Å². The van der Waals surface area contributed by atoms with Gasteiger partial charge in [-0.2, -0.15) is 0 Å². The van der Waals surface area contributed by atoms with E-state index >= 15 is 0 Å². The third-order valence-corrected chi connectivity index (χ3v) is 2.59. The molecule has 1 fully saturated rings. The Balaban J connectivity index is 2.15. The van der Waals surface area contributed by atoms with Gasteiger partial charge in [0.15, 0.2) is 5.76 Å². The molecular weight excluding hydrogens is 168 g/mol. The predicted molar refractivity (Wildman–Crippen MR) is 47.0 cm³/mol. The molecule has 1 N–H and O–H groups in total. The van der Waals surface area contributed by atoms with Crippen LogP contribution in [-0.2, 0) is 6.61 Å². The zero-order chi connectivity index (χ0) is 9.26. The lowest BCUT2D eigenvalue weighted by molar-refractivity contribution is 0.241. The summed E-state index contributed by atoms with van der Waals surface area (Å²) in [6, 6.07) is 2.19. The van der Waals surface area contributed by atoms with Crippen molar-refractivity contribution in [1.82, 2.24) is 10.1 Å². The lowest BCUT2D eigenvalue weighted by Crippen LogP contribution is -2.16. The van der Waals surface area contributed by atoms with E-state index in [-0.39, 0.29) is 6.61 Å². The molecule has 0 spiro atoms. The molecule has 1 aromatic rings. The molecule has 2 heterocycles. The van der Waals surface area contributed by atoms with Crippen LogP contribution in [0.25, 0.3) is 0 Å². The topological polar surface area (TPSA) is 49.5 Å².